The SMILES string of the molecule is CN(Cc1ccc(N)nc1)Cc1ccco1. The van der Waals surface area contributed by atoms with E-state index in [2.05, 4.69) is 9.88 Å². The minimum atomic E-state index is 0.553. The van der Waals surface area contributed by atoms with E-state index in [1.54, 1.807) is 12.5 Å². The van der Waals surface area contributed by atoms with E-state index in [0.29, 0.717) is 5.82 Å². The first-order valence-electron chi connectivity index (χ1n) is 5.15. The van der Waals surface area contributed by atoms with Crippen molar-refractivity contribution in [1.29, 1.82) is 0 Å². The number of rotatable bonds is 4. The zero-order valence-electron chi connectivity index (χ0n) is 9.26. The van der Waals surface area contributed by atoms with E-state index in [4.69, 9.17) is 10.2 Å². The van der Waals surface area contributed by atoms with Crippen LogP contribution in [0.3, 0.4) is 0 Å². The summed E-state index contributed by atoms with van der Waals surface area (Å²) in [5.74, 6) is 1.52. The van der Waals surface area contributed by atoms with Gasteiger partial charge in [0.25, 0.3) is 0 Å². The van der Waals surface area contributed by atoms with Crippen molar-refractivity contribution < 1.29 is 4.42 Å². The third kappa shape index (κ3) is 2.84. The molecule has 0 aliphatic carbocycles. The topological polar surface area (TPSA) is 55.3 Å². The van der Waals surface area contributed by atoms with Gasteiger partial charge >= 0.3 is 0 Å². The fraction of sp³-hybridized carbons (Fsp3) is 0.250. The Morgan fingerprint density at radius 1 is 1.31 bits per heavy atom. The first-order chi connectivity index (χ1) is 7.74. The first-order valence-corrected chi connectivity index (χ1v) is 5.15. The highest BCUT2D eigenvalue weighted by atomic mass is 16.3. The molecule has 2 N–H and O–H groups in total. The Bertz CT molecular complexity index is 422. The molecule has 0 spiro atoms. The van der Waals surface area contributed by atoms with Crippen LogP contribution >= 0.6 is 0 Å². The van der Waals surface area contributed by atoms with Gasteiger partial charge < -0.3 is 10.2 Å². The molecule has 0 saturated heterocycles. The highest BCUT2D eigenvalue weighted by molar-refractivity contribution is 5.29. The molecule has 0 aliphatic rings. The summed E-state index contributed by atoms with van der Waals surface area (Å²) in [4.78, 5) is 6.22. The Morgan fingerprint density at radius 3 is 2.81 bits per heavy atom. The minimum absolute atomic E-state index is 0.553. The third-order valence-corrected chi connectivity index (χ3v) is 2.31. The van der Waals surface area contributed by atoms with Gasteiger partial charge in [-0.2, -0.15) is 0 Å². The molecule has 0 unspecified atom stereocenters. The van der Waals surface area contributed by atoms with E-state index in [9.17, 15) is 0 Å². The summed E-state index contributed by atoms with van der Waals surface area (Å²) in [5, 5.41) is 0. The van der Waals surface area contributed by atoms with Crippen LogP contribution in [0.4, 0.5) is 5.82 Å². The van der Waals surface area contributed by atoms with Gasteiger partial charge in [-0.15, -0.1) is 0 Å². The molecule has 0 fully saturated rings. The normalized spacial score (nSPS) is 10.9. The lowest BCUT2D eigenvalue weighted by Crippen LogP contribution is -2.16. The number of anilines is 1. The van der Waals surface area contributed by atoms with E-state index in [-0.39, 0.29) is 0 Å². The first kappa shape index (κ1) is 10.7. The van der Waals surface area contributed by atoms with Gasteiger partial charge in [-0.3, -0.25) is 4.90 Å². The molecule has 0 bridgehead atoms. The lowest BCUT2D eigenvalue weighted by atomic mass is 10.2. The maximum absolute atomic E-state index is 5.53. The molecule has 0 aliphatic heterocycles. The average Bonchev–Trinajstić information content (AvgIpc) is 2.74. The van der Waals surface area contributed by atoms with E-state index < -0.39 is 0 Å². The van der Waals surface area contributed by atoms with Gasteiger partial charge in [-0.05, 0) is 30.8 Å². The van der Waals surface area contributed by atoms with Gasteiger partial charge in [0.2, 0.25) is 0 Å². The summed E-state index contributed by atoms with van der Waals surface area (Å²) in [7, 11) is 2.04. The summed E-state index contributed by atoms with van der Waals surface area (Å²) in [6.07, 6.45) is 3.49. The van der Waals surface area contributed by atoms with Crippen molar-refractivity contribution in [3.63, 3.8) is 0 Å². The van der Waals surface area contributed by atoms with Gasteiger partial charge in [0.15, 0.2) is 0 Å². The number of nitrogen functional groups attached to an aromatic ring is 1. The molecule has 2 aromatic rings. The second-order valence-corrected chi connectivity index (χ2v) is 3.84. The van der Waals surface area contributed by atoms with Crippen molar-refractivity contribution in [3.8, 4) is 0 Å². The summed E-state index contributed by atoms with van der Waals surface area (Å²) >= 11 is 0. The van der Waals surface area contributed by atoms with Gasteiger partial charge in [0.1, 0.15) is 11.6 Å². The zero-order valence-corrected chi connectivity index (χ0v) is 9.26. The minimum Gasteiger partial charge on any atom is -0.468 e. The molecule has 0 aromatic carbocycles. The number of hydrogen-bond donors (Lipinski definition) is 1. The van der Waals surface area contributed by atoms with E-state index >= 15 is 0 Å². The molecular formula is C12H15N3O. The number of hydrogen-bond acceptors (Lipinski definition) is 4. The molecule has 0 radical (unpaired) electrons. The lowest BCUT2D eigenvalue weighted by Gasteiger charge is -2.14. The summed E-state index contributed by atoms with van der Waals surface area (Å²) in [6, 6.07) is 7.67. The molecule has 4 nitrogen and oxygen atoms in total. The van der Waals surface area contributed by atoms with Crippen LogP contribution < -0.4 is 5.73 Å². The third-order valence-electron chi connectivity index (χ3n) is 2.31. The van der Waals surface area contributed by atoms with Crippen molar-refractivity contribution in [1.82, 2.24) is 9.88 Å². The molecule has 4 heteroatoms. The number of pyridine rings is 1. The number of nitrogens with zero attached hydrogens (tertiary/aromatic N) is 2. The maximum atomic E-state index is 5.53. The smallest absolute Gasteiger partial charge is 0.123 e. The standard InChI is InChI=1S/C12H15N3O/c1-15(9-11-3-2-6-16-11)8-10-4-5-12(13)14-7-10/h2-7H,8-9H2,1H3,(H2,13,14). The Balaban J connectivity index is 1.92. The maximum Gasteiger partial charge on any atom is 0.123 e. The highest BCUT2D eigenvalue weighted by Gasteiger charge is 2.03. The lowest BCUT2D eigenvalue weighted by molar-refractivity contribution is 0.287. The second-order valence-electron chi connectivity index (χ2n) is 3.84. The van der Waals surface area contributed by atoms with Crippen LogP contribution in [-0.2, 0) is 13.1 Å². The van der Waals surface area contributed by atoms with Crippen LogP contribution in [-0.4, -0.2) is 16.9 Å². The van der Waals surface area contributed by atoms with Crippen LogP contribution in [0.1, 0.15) is 11.3 Å². The van der Waals surface area contributed by atoms with Crippen molar-refractivity contribution in [3.05, 3.63) is 48.0 Å². The van der Waals surface area contributed by atoms with Crippen molar-refractivity contribution in [2.45, 2.75) is 13.1 Å². The van der Waals surface area contributed by atoms with Crippen LogP contribution in [0.15, 0.2) is 41.1 Å². The number of furan rings is 1. The molecular weight excluding hydrogens is 202 g/mol. The monoisotopic (exact) mass is 217 g/mol. The van der Waals surface area contributed by atoms with Crippen LogP contribution in [0, 0.1) is 0 Å². The largest absolute Gasteiger partial charge is 0.468 e. The number of aromatic nitrogens is 1. The fourth-order valence-electron chi connectivity index (χ4n) is 1.57. The van der Waals surface area contributed by atoms with Crippen LogP contribution in [0.2, 0.25) is 0 Å². The zero-order chi connectivity index (χ0) is 11.4. The fourth-order valence-corrected chi connectivity index (χ4v) is 1.57. The van der Waals surface area contributed by atoms with Crippen molar-refractivity contribution >= 4 is 5.82 Å². The van der Waals surface area contributed by atoms with Gasteiger partial charge in [0.05, 0.1) is 12.8 Å². The molecule has 2 aromatic heterocycles. The summed E-state index contributed by atoms with van der Waals surface area (Å²) in [6.45, 7) is 1.62. The van der Waals surface area contributed by atoms with Gasteiger partial charge in [-0.25, -0.2) is 4.98 Å². The van der Waals surface area contributed by atoms with E-state index in [1.165, 1.54) is 0 Å². The van der Waals surface area contributed by atoms with Crippen LogP contribution in [0.25, 0.3) is 0 Å². The van der Waals surface area contributed by atoms with Crippen molar-refractivity contribution in [2.75, 3.05) is 12.8 Å². The van der Waals surface area contributed by atoms with Crippen LogP contribution in [0.5, 0.6) is 0 Å². The molecule has 84 valence electrons. The molecule has 16 heavy (non-hydrogen) atoms. The Labute approximate surface area is 94.7 Å². The van der Waals surface area contributed by atoms with Gasteiger partial charge in [0, 0.05) is 12.7 Å². The molecule has 0 atom stereocenters. The molecule has 2 rings (SSSR count). The van der Waals surface area contributed by atoms with Gasteiger partial charge in [-0.1, -0.05) is 6.07 Å². The predicted octanol–water partition coefficient (Wildman–Crippen LogP) is 1.89. The highest BCUT2D eigenvalue weighted by Crippen LogP contribution is 2.08. The van der Waals surface area contributed by atoms with E-state index in [0.717, 1.165) is 24.4 Å². The van der Waals surface area contributed by atoms with Crippen molar-refractivity contribution in [2.24, 2.45) is 0 Å². The quantitative estimate of drug-likeness (QED) is 0.849. The molecule has 2 heterocycles. The Hall–Kier alpha value is -1.81. The molecule has 0 amide bonds. The number of nitrogens with two attached hydrogens (primary N) is 1. The van der Waals surface area contributed by atoms with E-state index in [1.807, 2.05) is 31.3 Å². The average molecular weight is 217 g/mol. The predicted molar refractivity (Wildman–Crippen MR) is 62.5 cm³/mol. The summed E-state index contributed by atoms with van der Waals surface area (Å²) in [5.41, 5.74) is 6.67. The Morgan fingerprint density at radius 2 is 2.19 bits per heavy atom. The second kappa shape index (κ2) is 4.81. The summed E-state index contributed by atoms with van der Waals surface area (Å²) < 4.78 is 5.28. The Kier molecular flexibility index (Phi) is 3.22. The molecule has 0 saturated carbocycles.